The molecular weight excluding hydrogens is 414 g/mol. The van der Waals surface area contributed by atoms with Crippen LogP contribution >= 0.6 is 11.6 Å². The Bertz CT molecular complexity index is 883. The summed E-state index contributed by atoms with van der Waals surface area (Å²) in [6.07, 6.45) is 2.91. The van der Waals surface area contributed by atoms with Gasteiger partial charge in [-0.1, -0.05) is 41.9 Å². The number of halogens is 1. The van der Waals surface area contributed by atoms with Crippen LogP contribution in [0.2, 0.25) is 5.02 Å². The molecule has 1 unspecified atom stereocenters. The van der Waals surface area contributed by atoms with Gasteiger partial charge in [-0.3, -0.25) is 14.5 Å². The molecule has 1 aliphatic rings. The first-order valence-corrected chi connectivity index (χ1v) is 11.1. The van der Waals surface area contributed by atoms with Crippen molar-refractivity contribution in [2.45, 2.75) is 44.7 Å². The van der Waals surface area contributed by atoms with Crippen molar-refractivity contribution < 1.29 is 14.3 Å². The van der Waals surface area contributed by atoms with Crippen LogP contribution in [-0.2, 0) is 16.0 Å². The van der Waals surface area contributed by atoms with Crippen molar-refractivity contribution in [3.63, 3.8) is 0 Å². The molecule has 2 amide bonds. The number of nitrogens with zero attached hydrogens (tertiary/aromatic N) is 1. The van der Waals surface area contributed by atoms with Crippen LogP contribution in [0.4, 0.5) is 5.69 Å². The summed E-state index contributed by atoms with van der Waals surface area (Å²) < 4.78 is 5.14. The molecule has 0 saturated carbocycles. The molecule has 0 aliphatic carbocycles. The summed E-state index contributed by atoms with van der Waals surface area (Å²) in [5, 5.41) is 6.51. The summed E-state index contributed by atoms with van der Waals surface area (Å²) in [4.78, 5) is 27.1. The number of hydrogen-bond donors (Lipinski definition) is 2. The van der Waals surface area contributed by atoms with Gasteiger partial charge in [0.15, 0.2) is 0 Å². The number of anilines is 1. The maximum absolute atomic E-state index is 12.7. The highest BCUT2D eigenvalue weighted by atomic mass is 35.5. The lowest BCUT2D eigenvalue weighted by Gasteiger charge is -2.35. The molecule has 2 aromatic rings. The van der Waals surface area contributed by atoms with Crippen molar-refractivity contribution in [1.82, 2.24) is 10.2 Å². The third-order valence-electron chi connectivity index (χ3n) is 5.72. The summed E-state index contributed by atoms with van der Waals surface area (Å²) in [6, 6.07) is 15.1. The maximum atomic E-state index is 12.7. The molecular formula is C24H30ClN3O3. The Morgan fingerprint density at radius 3 is 2.52 bits per heavy atom. The molecule has 0 aromatic heterocycles. The first-order chi connectivity index (χ1) is 15.0. The van der Waals surface area contributed by atoms with Crippen molar-refractivity contribution in [3.05, 3.63) is 59.1 Å². The van der Waals surface area contributed by atoms with Gasteiger partial charge in [-0.2, -0.15) is 0 Å². The number of amides is 2. The Morgan fingerprint density at radius 2 is 1.87 bits per heavy atom. The number of piperidine rings is 1. The zero-order valence-electron chi connectivity index (χ0n) is 18.1. The fourth-order valence-electron chi connectivity index (χ4n) is 3.79. The highest BCUT2D eigenvalue weighted by Crippen LogP contribution is 2.27. The number of aryl methyl sites for hydroxylation is 1. The van der Waals surface area contributed by atoms with Crippen LogP contribution in [-0.4, -0.2) is 49.0 Å². The average Bonchev–Trinajstić information content (AvgIpc) is 2.78. The van der Waals surface area contributed by atoms with Crippen LogP contribution in [0, 0.1) is 0 Å². The summed E-state index contributed by atoms with van der Waals surface area (Å²) >= 11 is 6.13. The van der Waals surface area contributed by atoms with Crippen LogP contribution < -0.4 is 15.4 Å². The van der Waals surface area contributed by atoms with Crippen molar-refractivity contribution in [1.29, 1.82) is 0 Å². The molecule has 166 valence electrons. The quantitative estimate of drug-likeness (QED) is 0.649. The Labute approximate surface area is 188 Å². The van der Waals surface area contributed by atoms with Gasteiger partial charge in [-0.05, 0) is 49.9 Å². The fourth-order valence-corrected chi connectivity index (χ4v) is 4.05. The molecule has 1 saturated heterocycles. The van der Waals surface area contributed by atoms with E-state index in [1.807, 2.05) is 37.3 Å². The predicted octanol–water partition coefficient (Wildman–Crippen LogP) is 3.89. The van der Waals surface area contributed by atoms with E-state index in [0.29, 0.717) is 22.9 Å². The topological polar surface area (TPSA) is 70.7 Å². The highest BCUT2D eigenvalue weighted by Gasteiger charge is 2.27. The third-order valence-corrected chi connectivity index (χ3v) is 6.02. The van der Waals surface area contributed by atoms with E-state index in [0.717, 1.165) is 32.4 Å². The van der Waals surface area contributed by atoms with Gasteiger partial charge in [0.1, 0.15) is 5.75 Å². The second-order valence-corrected chi connectivity index (χ2v) is 8.29. The average molecular weight is 444 g/mol. The number of nitrogens with one attached hydrogen (secondary N) is 2. The van der Waals surface area contributed by atoms with Crippen LogP contribution in [0.25, 0.3) is 0 Å². The Balaban J connectivity index is 1.41. The number of ether oxygens (including phenoxy) is 1. The molecule has 1 fully saturated rings. The zero-order valence-corrected chi connectivity index (χ0v) is 18.8. The zero-order chi connectivity index (χ0) is 22.2. The van der Waals surface area contributed by atoms with E-state index in [-0.39, 0.29) is 23.9 Å². The van der Waals surface area contributed by atoms with E-state index in [2.05, 4.69) is 15.5 Å². The minimum Gasteiger partial charge on any atom is -0.495 e. The summed E-state index contributed by atoms with van der Waals surface area (Å²) in [7, 11) is 1.55. The number of hydrogen-bond acceptors (Lipinski definition) is 4. The first kappa shape index (κ1) is 23.1. The lowest BCUT2D eigenvalue weighted by molar-refractivity contribution is -0.123. The molecule has 0 radical (unpaired) electrons. The van der Waals surface area contributed by atoms with E-state index >= 15 is 0 Å². The van der Waals surface area contributed by atoms with Crippen molar-refractivity contribution in [2.75, 3.05) is 25.5 Å². The minimum atomic E-state index is -0.268. The molecule has 1 atom stereocenters. The number of rotatable bonds is 8. The van der Waals surface area contributed by atoms with Crippen molar-refractivity contribution >= 4 is 29.1 Å². The van der Waals surface area contributed by atoms with Crippen molar-refractivity contribution in [3.8, 4) is 5.75 Å². The molecule has 2 N–H and O–H groups in total. The van der Waals surface area contributed by atoms with Gasteiger partial charge in [0.2, 0.25) is 11.8 Å². The molecule has 7 heteroatoms. The number of carbonyl (C=O) groups is 2. The smallest absolute Gasteiger partial charge is 0.241 e. The van der Waals surface area contributed by atoms with E-state index in [1.165, 1.54) is 5.56 Å². The largest absolute Gasteiger partial charge is 0.495 e. The Kier molecular flexibility index (Phi) is 8.32. The molecule has 3 rings (SSSR count). The number of likely N-dealkylation sites (tertiary alicyclic amines) is 1. The van der Waals surface area contributed by atoms with Crippen LogP contribution in [0.5, 0.6) is 5.75 Å². The van der Waals surface area contributed by atoms with Gasteiger partial charge >= 0.3 is 0 Å². The number of methoxy groups -OCH3 is 1. The monoisotopic (exact) mass is 443 g/mol. The van der Waals surface area contributed by atoms with Crippen molar-refractivity contribution in [2.24, 2.45) is 0 Å². The molecule has 1 aliphatic heterocycles. The van der Waals surface area contributed by atoms with Gasteiger partial charge in [-0.25, -0.2) is 0 Å². The summed E-state index contributed by atoms with van der Waals surface area (Å²) in [6.45, 7) is 3.43. The SMILES string of the molecule is COc1ccc(NC(=O)C(C)N2CCC(NC(=O)CCc3ccccc3)CC2)cc1Cl. The minimum absolute atomic E-state index is 0.0772. The maximum Gasteiger partial charge on any atom is 0.241 e. The van der Waals surface area contributed by atoms with E-state index in [9.17, 15) is 9.59 Å². The van der Waals surface area contributed by atoms with Gasteiger partial charge in [0.05, 0.1) is 18.2 Å². The van der Waals surface area contributed by atoms with E-state index in [4.69, 9.17) is 16.3 Å². The first-order valence-electron chi connectivity index (χ1n) is 10.7. The second kappa shape index (κ2) is 11.2. The van der Waals surface area contributed by atoms with E-state index in [1.54, 1.807) is 25.3 Å². The highest BCUT2D eigenvalue weighted by molar-refractivity contribution is 6.32. The fraction of sp³-hybridized carbons (Fsp3) is 0.417. The molecule has 1 heterocycles. The molecule has 0 spiro atoms. The van der Waals surface area contributed by atoms with Crippen LogP contribution in [0.15, 0.2) is 48.5 Å². The van der Waals surface area contributed by atoms with Gasteiger partial charge in [0, 0.05) is 31.2 Å². The molecule has 6 nitrogen and oxygen atoms in total. The third kappa shape index (κ3) is 6.71. The molecule has 0 bridgehead atoms. The molecule has 31 heavy (non-hydrogen) atoms. The lowest BCUT2D eigenvalue weighted by atomic mass is 10.0. The van der Waals surface area contributed by atoms with Crippen LogP contribution in [0.3, 0.4) is 0 Å². The normalized spacial score (nSPS) is 15.8. The second-order valence-electron chi connectivity index (χ2n) is 7.88. The Morgan fingerprint density at radius 1 is 1.16 bits per heavy atom. The van der Waals surface area contributed by atoms with Gasteiger partial charge in [-0.15, -0.1) is 0 Å². The number of benzene rings is 2. The Hall–Kier alpha value is -2.57. The predicted molar refractivity (Wildman–Crippen MR) is 124 cm³/mol. The standard InChI is InChI=1S/C24H30ClN3O3/c1-17(24(30)27-20-9-10-22(31-2)21(25)16-20)28-14-12-19(13-15-28)26-23(29)11-8-18-6-4-3-5-7-18/h3-7,9-10,16-17,19H,8,11-15H2,1-2H3,(H,26,29)(H,27,30). The van der Waals surface area contributed by atoms with Crippen LogP contribution in [0.1, 0.15) is 31.7 Å². The molecule has 2 aromatic carbocycles. The number of carbonyl (C=O) groups excluding carboxylic acids is 2. The summed E-state index contributed by atoms with van der Waals surface area (Å²) in [5.41, 5.74) is 1.81. The van der Waals surface area contributed by atoms with E-state index < -0.39 is 0 Å². The lowest BCUT2D eigenvalue weighted by Crippen LogP contribution is -2.50. The van der Waals surface area contributed by atoms with Gasteiger partial charge in [0.25, 0.3) is 0 Å². The summed E-state index contributed by atoms with van der Waals surface area (Å²) in [5.74, 6) is 0.580. The van der Waals surface area contributed by atoms with Gasteiger partial charge < -0.3 is 15.4 Å².